The summed E-state index contributed by atoms with van der Waals surface area (Å²) in [4.78, 5) is 0. The van der Waals surface area contributed by atoms with Crippen molar-refractivity contribution in [3.8, 4) is 22.8 Å². The highest BCUT2D eigenvalue weighted by Gasteiger charge is 2.06. The minimum Gasteiger partial charge on any atom is -0.490 e. The molecule has 0 spiro atoms. The molecule has 3 rings (SSSR count). The van der Waals surface area contributed by atoms with Crippen molar-refractivity contribution >= 4 is 0 Å². The van der Waals surface area contributed by atoms with Crippen molar-refractivity contribution in [2.75, 3.05) is 20.3 Å². The Bertz CT molecular complexity index is 739. The molecule has 0 bridgehead atoms. The molecular formula is C19H20N2O3. The van der Waals surface area contributed by atoms with Crippen molar-refractivity contribution in [2.24, 2.45) is 0 Å². The first kappa shape index (κ1) is 16.1. The van der Waals surface area contributed by atoms with E-state index in [0.29, 0.717) is 19.8 Å². The average Bonchev–Trinajstić information content (AvgIpc) is 3.09. The molecule has 0 saturated carbocycles. The van der Waals surface area contributed by atoms with Crippen molar-refractivity contribution in [2.45, 2.75) is 6.54 Å². The number of nitrogens with one attached hydrogen (secondary N) is 1. The maximum Gasteiger partial charge on any atom is 0.167 e. The van der Waals surface area contributed by atoms with Gasteiger partial charge in [0.2, 0.25) is 0 Å². The van der Waals surface area contributed by atoms with Crippen LogP contribution in [0, 0.1) is 0 Å². The summed E-state index contributed by atoms with van der Waals surface area (Å²) < 4.78 is 16.6. The molecule has 5 nitrogen and oxygen atoms in total. The fourth-order valence-corrected chi connectivity index (χ4v) is 2.26. The molecule has 0 saturated heterocycles. The van der Waals surface area contributed by atoms with E-state index in [1.165, 1.54) is 0 Å². The van der Waals surface area contributed by atoms with Gasteiger partial charge in [-0.2, -0.15) is 0 Å². The van der Waals surface area contributed by atoms with Crippen LogP contribution in [0.1, 0.15) is 5.69 Å². The normalized spacial score (nSPS) is 10.5. The third-order valence-corrected chi connectivity index (χ3v) is 3.42. The number of hydrogen-bond acceptors (Lipinski definition) is 5. The number of ether oxygens (including phenoxy) is 2. The highest BCUT2D eigenvalue weighted by molar-refractivity contribution is 5.58. The molecule has 1 aromatic heterocycles. The molecule has 0 unspecified atom stereocenters. The summed E-state index contributed by atoms with van der Waals surface area (Å²) in [7, 11) is 1.88. The molecule has 24 heavy (non-hydrogen) atoms. The second-order valence-electron chi connectivity index (χ2n) is 5.25. The number of benzene rings is 2. The quantitative estimate of drug-likeness (QED) is 0.643. The predicted molar refractivity (Wildman–Crippen MR) is 92.1 cm³/mol. The summed E-state index contributed by atoms with van der Waals surface area (Å²) in [5.74, 6) is 2.39. The van der Waals surface area contributed by atoms with Gasteiger partial charge in [0.1, 0.15) is 24.7 Å². The number of para-hydroxylation sites is 1. The molecule has 0 aliphatic rings. The largest absolute Gasteiger partial charge is 0.490 e. The molecule has 1 heterocycles. The van der Waals surface area contributed by atoms with Gasteiger partial charge in [0.05, 0.1) is 5.69 Å². The van der Waals surface area contributed by atoms with Crippen LogP contribution in [0.25, 0.3) is 11.3 Å². The van der Waals surface area contributed by atoms with E-state index in [9.17, 15) is 0 Å². The molecule has 0 fully saturated rings. The zero-order valence-corrected chi connectivity index (χ0v) is 13.6. The van der Waals surface area contributed by atoms with Gasteiger partial charge in [-0.15, -0.1) is 0 Å². The maximum absolute atomic E-state index is 5.68. The fourth-order valence-electron chi connectivity index (χ4n) is 2.26. The van der Waals surface area contributed by atoms with Gasteiger partial charge >= 0.3 is 0 Å². The number of rotatable bonds is 8. The number of hydrogen-bond donors (Lipinski definition) is 1. The first-order chi connectivity index (χ1) is 11.8. The Morgan fingerprint density at radius 1 is 0.917 bits per heavy atom. The second-order valence-corrected chi connectivity index (χ2v) is 5.25. The van der Waals surface area contributed by atoms with Crippen molar-refractivity contribution in [3.63, 3.8) is 0 Å². The summed E-state index contributed by atoms with van der Waals surface area (Å²) in [6.45, 7) is 1.68. The van der Waals surface area contributed by atoms with Crippen LogP contribution in [0.15, 0.2) is 65.2 Å². The van der Waals surface area contributed by atoms with Crippen molar-refractivity contribution in [3.05, 3.63) is 66.4 Å². The molecule has 2 aromatic carbocycles. The standard InChI is InChI=1S/C19H20N2O3/c1-20-14-16-13-19(24-21-16)15-7-9-18(10-8-15)23-12-11-22-17-5-3-2-4-6-17/h2-10,13,20H,11-12,14H2,1H3. The highest BCUT2D eigenvalue weighted by Crippen LogP contribution is 2.23. The first-order valence-corrected chi connectivity index (χ1v) is 7.86. The Labute approximate surface area is 141 Å². The molecular weight excluding hydrogens is 304 g/mol. The van der Waals surface area contributed by atoms with Gasteiger partial charge in [0, 0.05) is 18.2 Å². The Hall–Kier alpha value is -2.79. The molecule has 0 amide bonds. The summed E-state index contributed by atoms with van der Waals surface area (Å²) >= 11 is 0. The Morgan fingerprint density at radius 2 is 1.58 bits per heavy atom. The Kier molecular flexibility index (Phi) is 5.48. The van der Waals surface area contributed by atoms with Crippen LogP contribution in [0.4, 0.5) is 0 Å². The topological polar surface area (TPSA) is 56.5 Å². The third-order valence-electron chi connectivity index (χ3n) is 3.42. The van der Waals surface area contributed by atoms with Gasteiger partial charge in [-0.05, 0) is 43.4 Å². The third kappa shape index (κ3) is 4.36. The molecule has 1 N–H and O–H groups in total. The van der Waals surface area contributed by atoms with E-state index in [0.717, 1.165) is 28.5 Å². The smallest absolute Gasteiger partial charge is 0.167 e. The Morgan fingerprint density at radius 3 is 2.25 bits per heavy atom. The van der Waals surface area contributed by atoms with Gasteiger partial charge in [0.25, 0.3) is 0 Å². The lowest BCUT2D eigenvalue weighted by Gasteiger charge is -2.08. The van der Waals surface area contributed by atoms with Crippen LogP contribution >= 0.6 is 0 Å². The van der Waals surface area contributed by atoms with E-state index < -0.39 is 0 Å². The van der Waals surface area contributed by atoms with Crippen LogP contribution in [-0.2, 0) is 6.54 Å². The van der Waals surface area contributed by atoms with E-state index in [2.05, 4.69) is 10.5 Å². The van der Waals surface area contributed by atoms with Gasteiger partial charge in [-0.1, -0.05) is 23.4 Å². The van der Waals surface area contributed by atoms with Crippen molar-refractivity contribution < 1.29 is 14.0 Å². The van der Waals surface area contributed by atoms with Crippen LogP contribution in [0.5, 0.6) is 11.5 Å². The molecule has 124 valence electrons. The lowest BCUT2D eigenvalue weighted by molar-refractivity contribution is 0.217. The van der Waals surface area contributed by atoms with Gasteiger partial charge in [-0.25, -0.2) is 0 Å². The lowest BCUT2D eigenvalue weighted by Crippen LogP contribution is -2.08. The van der Waals surface area contributed by atoms with E-state index in [1.807, 2.05) is 67.7 Å². The van der Waals surface area contributed by atoms with Crippen LogP contribution in [0.3, 0.4) is 0 Å². The van der Waals surface area contributed by atoms with E-state index in [-0.39, 0.29) is 0 Å². The van der Waals surface area contributed by atoms with Gasteiger partial charge in [0.15, 0.2) is 5.76 Å². The highest BCUT2D eigenvalue weighted by atomic mass is 16.5. The first-order valence-electron chi connectivity index (χ1n) is 7.86. The molecule has 5 heteroatoms. The van der Waals surface area contributed by atoms with Crippen LogP contribution in [0.2, 0.25) is 0 Å². The van der Waals surface area contributed by atoms with E-state index in [1.54, 1.807) is 0 Å². The number of aromatic nitrogens is 1. The van der Waals surface area contributed by atoms with Crippen molar-refractivity contribution in [1.29, 1.82) is 0 Å². The van der Waals surface area contributed by atoms with Crippen LogP contribution < -0.4 is 14.8 Å². The maximum atomic E-state index is 5.68. The SMILES string of the molecule is CNCc1cc(-c2ccc(OCCOc3ccccc3)cc2)on1. The molecule has 0 radical (unpaired) electrons. The minimum atomic E-state index is 0.489. The van der Waals surface area contributed by atoms with E-state index in [4.69, 9.17) is 14.0 Å². The zero-order valence-electron chi connectivity index (χ0n) is 13.6. The summed E-state index contributed by atoms with van der Waals surface area (Å²) in [5, 5.41) is 7.05. The zero-order chi connectivity index (χ0) is 16.6. The second kappa shape index (κ2) is 8.17. The fraction of sp³-hybridized carbons (Fsp3) is 0.211. The van der Waals surface area contributed by atoms with Gasteiger partial charge < -0.3 is 19.3 Å². The van der Waals surface area contributed by atoms with Gasteiger partial charge in [-0.3, -0.25) is 0 Å². The van der Waals surface area contributed by atoms with Crippen LogP contribution in [-0.4, -0.2) is 25.4 Å². The van der Waals surface area contributed by atoms with Crippen molar-refractivity contribution in [1.82, 2.24) is 10.5 Å². The molecule has 0 aliphatic carbocycles. The molecule has 0 aliphatic heterocycles. The number of nitrogens with zero attached hydrogens (tertiary/aromatic N) is 1. The van der Waals surface area contributed by atoms with E-state index >= 15 is 0 Å². The Balaban J connectivity index is 1.49. The lowest BCUT2D eigenvalue weighted by atomic mass is 10.1. The summed E-state index contributed by atoms with van der Waals surface area (Å²) in [5.41, 5.74) is 1.85. The predicted octanol–water partition coefficient (Wildman–Crippen LogP) is 3.52. The average molecular weight is 324 g/mol. The summed E-state index contributed by atoms with van der Waals surface area (Å²) in [6.07, 6.45) is 0. The molecule has 3 aromatic rings. The molecule has 0 atom stereocenters. The minimum absolute atomic E-state index is 0.489. The summed E-state index contributed by atoms with van der Waals surface area (Å²) in [6, 6.07) is 19.4. The monoisotopic (exact) mass is 324 g/mol.